The highest BCUT2D eigenvalue weighted by Crippen LogP contribution is 2.12. The van der Waals surface area contributed by atoms with E-state index in [2.05, 4.69) is 11.2 Å². The summed E-state index contributed by atoms with van der Waals surface area (Å²) in [7, 11) is -3.33. The molecule has 0 radical (unpaired) electrons. The molecule has 0 atom stereocenters. The van der Waals surface area contributed by atoms with Crippen LogP contribution in [-0.2, 0) is 9.84 Å². The van der Waals surface area contributed by atoms with Gasteiger partial charge in [-0.2, -0.15) is 0 Å². The van der Waals surface area contributed by atoms with Gasteiger partial charge in [-0.05, 0) is 32.0 Å². The number of terminal acetylenes is 1. The molecule has 4 nitrogen and oxygen atoms in total. The number of benzene rings is 1. The Morgan fingerprint density at radius 2 is 2.00 bits per heavy atom. The maximum absolute atomic E-state index is 11.9. The summed E-state index contributed by atoms with van der Waals surface area (Å²) in [5.74, 6) is 2.04. The van der Waals surface area contributed by atoms with E-state index in [1.165, 1.54) is 24.3 Å². The molecular weight excluding hydrogens is 250 g/mol. The number of rotatable bonds is 3. The Labute approximate surface area is 107 Å². The summed E-state index contributed by atoms with van der Waals surface area (Å²) >= 11 is 0. The smallest absolute Gasteiger partial charge is 0.252 e. The summed E-state index contributed by atoms with van der Waals surface area (Å²) in [4.78, 5) is 12.0. The van der Waals surface area contributed by atoms with Crippen molar-refractivity contribution in [1.29, 1.82) is 0 Å². The number of hydrogen-bond acceptors (Lipinski definition) is 3. The molecule has 0 heterocycles. The molecule has 5 heteroatoms. The normalized spacial score (nSPS) is 11.7. The highest BCUT2D eigenvalue weighted by atomic mass is 32.2. The quantitative estimate of drug-likeness (QED) is 0.836. The van der Waals surface area contributed by atoms with E-state index in [4.69, 9.17) is 6.42 Å². The molecule has 1 N–H and O–H groups in total. The summed E-state index contributed by atoms with van der Waals surface area (Å²) in [6, 6.07) is 5.83. The van der Waals surface area contributed by atoms with Gasteiger partial charge in [0.1, 0.15) is 0 Å². The van der Waals surface area contributed by atoms with Gasteiger partial charge in [0.05, 0.1) is 10.4 Å². The fourth-order valence-corrected chi connectivity index (χ4v) is 1.93. The van der Waals surface area contributed by atoms with Crippen molar-refractivity contribution in [3.8, 4) is 12.3 Å². The minimum absolute atomic E-state index is 0.105. The second-order valence-corrected chi connectivity index (χ2v) is 6.54. The van der Waals surface area contributed by atoms with Crippen LogP contribution in [0.2, 0.25) is 0 Å². The number of carbonyl (C=O) groups excluding carboxylic acids is 1. The Balaban J connectivity index is 3.06. The average Bonchev–Trinajstić information content (AvgIpc) is 2.27. The van der Waals surface area contributed by atoms with Crippen molar-refractivity contribution in [2.24, 2.45) is 0 Å². The van der Waals surface area contributed by atoms with E-state index in [-0.39, 0.29) is 10.5 Å². The molecule has 0 fully saturated rings. The third kappa shape index (κ3) is 3.60. The first-order valence-corrected chi connectivity index (χ1v) is 7.15. The van der Waals surface area contributed by atoms with E-state index < -0.39 is 21.3 Å². The molecular formula is C13H15NO3S. The van der Waals surface area contributed by atoms with Crippen LogP contribution in [0.4, 0.5) is 0 Å². The topological polar surface area (TPSA) is 63.2 Å². The van der Waals surface area contributed by atoms with Gasteiger partial charge in [-0.3, -0.25) is 4.79 Å². The average molecular weight is 265 g/mol. The van der Waals surface area contributed by atoms with E-state index in [9.17, 15) is 13.2 Å². The first kappa shape index (κ1) is 14.3. The Morgan fingerprint density at radius 3 is 2.50 bits per heavy atom. The van der Waals surface area contributed by atoms with E-state index >= 15 is 0 Å². The molecule has 0 aliphatic rings. The lowest BCUT2D eigenvalue weighted by atomic mass is 10.1. The summed E-state index contributed by atoms with van der Waals surface area (Å²) < 4.78 is 22.8. The predicted octanol–water partition coefficient (Wildman–Crippen LogP) is 1.23. The van der Waals surface area contributed by atoms with Gasteiger partial charge in [-0.25, -0.2) is 8.42 Å². The number of amides is 1. The fraction of sp³-hybridized carbons (Fsp3) is 0.308. The number of nitrogens with one attached hydrogen (secondary N) is 1. The molecule has 0 aliphatic carbocycles. The molecule has 96 valence electrons. The van der Waals surface area contributed by atoms with Gasteiger partial charge in [-0.1, -0.05) is 12.0 Å². The summed E-state index contributed by atoms with van der Waals surface area (Å²) in [6.07, 6.45) is 6.36. The van der Waals surface area contributed by atoms with Gasteiger partial charge in [0.25, 0.3) is 5.91 Å². The number of carbonyl (C=O) groups is 1. The van der Waals surface area contributed by atoms with E-state index in [0.29, 0.717) is 0 Å². The maximum Gasteiger partial charge on any atom is 0.252 e. The van der Waals surface area contributed by atoms with Crippen molar-refractivity contribution >= 4 is 15.7 Å². The zero-order chi connectivity index (χ0) is 14.0. The molecule has 0 aliphatic heterocycles. The molecule has 0 unspecified atom stereocenters. The second-order valence-electron chi connectivity index (χ2n) is 4.52. The first-order valence-electron chi connectivity index (χ1n) is 5.26. The van der Waals surface area contributed by atoms with Gasteiger partial charge in [-0.15, -0.1) is 6.42 Å². The Kier molecular flexibility index (Phi) is 3.82. The molecule has 1 amide bonds. The van der Waals surface area contributed by atoms with Gasteiger partial charge in [0.15, 0.2) is 9.84 Å². The summed E-state index contributed by atoms with van der Waals surface area (Å²) in [6.45, 7) is 3.37. The minimum Gasteiger partial charge on any atom is -0.336 e. The van der Waals surface area contributed by atoms with Crippen molar-refractivity contribution < 1.29 is 13.2 Å². The lowest BCUT2D eigenvalue weighted by Gasteiger charge is -2.19. The molecule has 0 saturated heterocycles. The van der Waals surface area contributed by atoms with Gasteiger partial charge >= 0.3 is 0 Å². The van der Waals surface area contributed by atoms with Crippen molar-refractivity contribution in [1.82, 2.24) is 5.32 Å². The SMILES string of the molecule is C#CC(C)(C)NC(=O)c1cccc(S(C)(=O)=O)c1. The summed E-state index contributed by atoms with van der Waals surface area (Å²) in [5.41, 5.74) is -0.515. The van der Waals surface area contributed by atoms with Crippen LogP contribution in [0, 0.1) is 12.3 Å². The van der Waals surface area contributed by atoms with Crippen molar-refractivity contribution in [2.45, 2.75) is 24.3 Å². The van der Waals surface area contributed by atoms with E-state index in [1.807, 2.05) is 0 Å². The molecule has 1 aromatic carbocycles. The standard InChI is InChI=1S/C13H15NO3S/c1-5-13(2,3)14-12(15)10-7-6-8-11(9-10)18(4,16)17/h1,6-9H,2-4H3,(H,14,15). The van der Waals surface area contributed by atoms with Crippen LogP contribution in [0.25, 0.3) is 0 Å². The fourth-order valence-electron chi connectivity index (χ4n) is 1.26. The first-order chi connectivity index (χ1) is 8.15. The maximum atomic E-state index is 11.9. The minimum atomic E-state index is -3.33. The third-order valence-electron chi connectivity index (χ3n) is 2.31. The number of hydrogen-bond donors (Lipinski definition) is 1. The highest BCUT2D eigenvalue weighted by molar-refractivity contribution is 7.90. The van der Waals surface area contributed by atoms with Crippen molar-refractivity contribution in [2.75, 3.05) is 6.26 Å². The second kappa shape index (κ2) is 4.83. The molecule has 0 aromatic heterocycles. The lowest BCUT2D eigenvalue weighted by Crippen LogP contribution is -2.42. The van der Waals surface area contributed by atoms with Crippen molar-refractivity contribution in [3.63, 3.8) is 0 Å². The third-order valence-corrected chi connectivity index (χ3v) is 3.42. The lowest BCUT2D eigenvalue weighted by molar-refractivity contribution is 0.0929. The molecule has 0 spiro atoms. The predicted molar refractivity (Wildman–Crippen MR) is 69.9 cm³/mol. The highest BCUT2D eigenvalue weighted by Gasteiger charge is 2.19. The molecule has 1 aromatic rings. The van der Waals surface area contributed by atoms with Crippen LogP contribution < -0.4 is 5.32 Å². The van der Waals surface area contributed by atoms with Crippen LogP contribution in [0.1, 0.15) is 24.2 Å². The molecule has 1 rings (SSSR count). The van der Waals surface area contributed by atoms with E-state index in [1.54, 1.807) is 13.8 Å². The van der Waals surface area contributed by atoms with Gasteiger partial charge in [0.2, 0.25) is 0 Å². The molecule has 0 bridgehead atoms. The van der Waals surface area contributed by atoms with Crippen LogP contribution in [0.5, 0.6) is 0 Å². The van der Waals surface area contributed by atoms with Crippen LogP contribution in [-0.4, -0.2) is 26.1 Å². The zero-order valence-corrected chi connectivity index (χ0v) is 11.3. The molecule has 0 saturated carbocycles. The van der Waals surface area contributed by atoms with Crippen LogP contribution >= 0.6 is 0 Å². The Bertz CT molecular complexity index is 609. The van der Waals surface area contributed by atoms with Crippen LogP contribution in [0.3, 0.4) is 0 Å². The van der Waals surface area contributed by atoms with Crippen LogP contribution in [0.15, 0.2) is 29.2 Å². The Morgan fingerprint density at radius 1 is 1.39 bits per heavy atom. The summed E-state index contributed by atoms with van der Waals surface area (Å²) in [5, 5.41) is 2.63. The zero-order valence-electron chi connectivity index (χ0n) is 10.5. The van der Waals surface area contributed by atoms with E-state index in [0.717, 1.165) is 6.26 Å². The van der Waals surface area contributed by atoms with Crippen molar-refractivity contribution in [3.05, 3.63) is 29.8 Å². The number of sulfone groups is 1. The molecule has 18 heavy (non-hydrogen) atoms. The monoisotopic (exact) mass is 265 g/mol. The van der Waals surface area contributed by atoms with Gasteiger partial charge < -0.3 is 5.32 Å². The van der Waals surface area contributed by atoms with Gasteiger partial charge in [0, 0.05) is 11.8 Å². The Hall–Kier alpha value is -1.80. The largest absolute Gasteiger partial charge is 0.336 e.